The monoisotopic (exact) mass is 365 g/mol. The Bertz CT molecular complexity index is 810. The molecular weight excluding hydrogens is 351 g/mol. The molecule has 0 aromatic heterocycles. The van der Waals surface area contributed by atoms with E-state index in [4.69, 9.17) is 0 Å². The fraction of sp³-hybridized carbons (Fsp3) is 0.111. The fourth-order valence-corrected chi connectivity index (χ4v) is 2.85. The van der Waals surface area contributed by atoms with E-state index in [9.17, 15) is 23.3 Å². The fourth-order valence-electron chi connectivity index (χ4n) is 1.89. The minimum atomic E-state index is -4.57. The van der Waals surface area contributed by atoms with Gasteiger partial charge in [-0.1, -0.05) is 36.0 Å². The molecule has 130 valence electrons. The van der Waals surface area contributed by atoms with Crippen LogP contribution in [0.5, 0.6) is 0 Å². The summed E-state index contributed by atoms with van der Waals surface area (Å²) in [5.41, 5.74) is 0.335. The Kier molecular flexibility index (Phi) is 5.69. The van der Waals surface area contributed by atoms with Crippen molar-refractivity contribution in [3.63, 3.8) is 0 Å². The van der Waals surface area contributed by atoms with Crippen LogP contribution in [-0.2, 0) is 0 Å². The molecule has 0 unspecified atom stereocenters. The lowest BCUT2D eigenvalue weighted by atomic mass is 10.1. The van der Waals surface area contributed by atoms with Gasteiger partial charge in [-0.05, 0) is 42.8 Å². The molecule has 7 heteroatoms. The van der Waals surface area contributed by atoms with Crippen molar-refractivity contribution in [1.29, 1.82) is 0 Å². The number of nitro groups is 1. The first-order chi connectivity index (χ1) is 11.7. The van der Waals surface area contributed by atoms with Crippen LogP contribution in [-0.4, -0.2) is 11.1 Å². The minimum Gasteiger partial charge on any atom is -0.258 e. The molecule has 0 amide bonds. The van der Waals surface area contributed by atoms with Crippen molar-refractivity contribution in [2.24, 2.45) is 0 Å². The summed E-state index contributed by atoms with van der Waals surface area (Å²) in [6.45, 7) is 5.05. The van der Waals surface area contributed by atoms with Gasteiger partial charge in [0.2, 0.25) is 0 Å². The number of hydrogen-bond donors (Lipinski definition) is 0. The summed E-state index contributed by atoms with van der Waals surface area (Å²) in [6.07, 6.45) is -3.24. The van der Waals surface area contributed by atoms with Crippen molar-refractivity contribution >= 4 is 23.5 Å². The summed E-state index contributed by atoms with van der Waals surface area (Å²) in [7, 11) is 0. The number of halogens is 3. The number of alkyl halides is 3. The van der Waals surface area contributed by atoms with Gasteiger partial charge in [0, 0.05) is 21.9 Å². The first kappa shape index (κ1) is 18.8. The van der Waals surface area contributed by atoms with Crippen LogP contribution < -0.4 is 0 Å². The number of thioether (sulfide) groups is 1. The highest BCUT2D eigenvalue weighted by Gasteiger charge is 2.34. The molecule has 0 aliphatic rings. The van der Waals surface area contributed by atoms with Gasteiger partial charge in [0.05, 0.1) is 10.5 Å². The maximum Gasteiger partial charge on any atom is 0.416 e. The van der Waals surface area contributed by atoms with Crippen LogP contribution in [0.2, 0.25) is 0 Å². The molecule has 0 spiro atoms. The molecule has 0 bridgehead atoms. The van der Waals surface area contributed by atoms with Crippen molar-refractivity contribution in [3.8, 4) is 0 Å². The second-order valence-corrected chi connectivity index (χ2v) is 6.36. The van der Waals surface area contributed by atoms with E-state index in [2.05, 4.69) is 6.58 Å². The van der Waals surface area contributed by atoms with Crippen LogP contribution in [0, 0.1) is 17.0 Å². The highest BCUT2D eigenvalue weighted by atomic mass is 32.2. The Labute approximate surface area is 147 Å². The lowest BCUT2D eigenvalue weighted by Crippen LogP contribution is -2.11. The molecule has 2 aromatic rings. The lowest BCUT2D eigenvalue weighted by molar-refractivity contribution is -0.384. The second kappa shape index (κ2) is 7.57. The molecule has 2 rings (SSSR count). The zero-order valence-corrected chi connectivity index (χ0v) is 14.0. The highest BCUT2D eigenvalue weighted by Crippen LogP contribution is 2.40. The standard InChI is InChI=1S/C18H14F3NO2S/c1-12-3-9-16(10-4-12)25-17(13(2)18(19,20)21)11-14-5-7-15(8-6-14)22(23)24/h3-11H,2H2,1H3/b17-11+. The first-order valence-corrected chi connectivity index (χ1v) is 7.95. The average molecular weight is 365 g/mol. The topological polar surface area (TPSA) is 43.1 Å². The molecule has 0 radical (unpaired) electrons. The van der Waals surface area contributed by atoms with E-state index < -0.39 is 16.7 Å². The smallest absolute Gasteiger partial charge is 0.258 e. The predicted molar refractivity (Wildman–Crippen MR) is 93.3 cm³/mol. The molecule has 0 aliphatic heterocycles. The van der Waals surface area contributed by atoms with E-state index in [1.807, 2.05) is 19.1 Å². The zero-order chi connectivity index (χ0) is 18.6. The average Bonchev–Trinajstić information content (AvgIpc) is 2.55. The predicted octanol–water partition coefficient (Wildman–Crippen LogP) is 6.15. The maximum atomic E-state index is 13.1. The van der Waals surface area contributed by atoms with Gasteiger partial charge in [0.1, 0.15) is 0 Å². The van der Waals surface area contributed by atoms with E-state index in [0.717, 1.165) is 17.3 Å². The Hall–Kier alpha value is -2.54. The Morgan fingerprint density at radius 2 is 1.68 bits per heavy atom. The van der Waals surface area contributed by atoms with Gasteiger partial charge >= 0.3 is 6.18 Å². The molecule has 0 aliphatic carbocycles. The van der Waals surface area contributed by atoms with Crippen LogP contribution >= 0.6 is 11.8 Å². The number of nitrogens with zero attached hydrogens (tertiary/aromatic N) is 1. The lowest BCUT2D eigenvalue weighted by Gasteiger charge is -2.14. The van der Waals surface area contributed by atoms with Crippen molar-refractivity contribution in [2.45, 2.75) is 18.0 Å². The number of nitro benzene ring substituents is 1. The van der Waals surface area contributed by atoms with Gasteiger partial charge in [-0.2, -0.15) is 13.2 Å². The molecule has 0 saturated heterocycles. The summed E-state index contributed by atoms with van der Waals surface area (Å²) in [5.74, 6) is 0. The third-order valence-electron chi connectivity index (χ3n) is 3.29. The maximum absolute atomic E-state index is 13.1. The van der Waals surface area contributed by atoms with Crippen molar-refractivity contribution in [2.75, 3.05) is 0 Å². The Balaban J connectivity index is 2.37. The molecule has 0 heterocycles. The quantitative estimate of drug-likeness (QED) is 0.276. The van der Waals surface area contributed by atoms with Crippen LogP contribution in [0.4, 0.5) is 18.9 Å². The Morgan fingerprint density at radius 1 is 1.12 bits per heavy atom. The minimum absolute atomic E-state index is 0.0646. The third kappa shape index (κ3) is 5.22. The molecule has 25 heavy (non-hydrogen) atoms. The van der Waals surface area contributed by atoms with Gasteiger partial charge in [0.15, 0.2) is 0 Å². The number of benzene rings is 2. The first-order valence-electron chi connectivity index (χ1n) is 7.14. The molecule has 0 atom stereocenters. The molecule has 3 nitrogen and oxygen atoms in total. The molecule has 0 fully saturated rings. The second-order valence-electron chi connectivity index (χ2n) is 5.25. The van der Waals surface area contributed by atoms with Crippen LogP contribution in [0.3, 0.4) is 0 Å². The molecule has 2 aromatic carbocycles. The number of non-ortho nitro benzene ring substituents is 1. The van der Waals surface area contributed by atoms with Crippen LogP contribution in [0.25, 0.3) is 6.08 Å². The van der Waals surface area contributed by atoms with Gasteiger partial charge in [0.25, 0.3) is 5.69 Å². The van der Waals surface area contributed by atoms with Gasteiger partial charge in [-0.15, -0.1) is 0 Å². The van der Waals surface area contributed by atoms with Crippen molar-refractivity contribution in [3.05, 3.63) is 86.8 Å². The summed E-state index contributed by atoms with van der Waals surface area (Å²) >= 11 is 0.945. The number of aryl methyl sites for hydroxylation is 1. The van der Waals surface area contributed by atoms with E-state index >= 15 is 0 Å². The normalized spacial score (nSPS) is 12.1. The van der Waals surface area contributed by atoms with Gasteiger partial charge < -0.3 is 0 Å². The largest absolute Gasteiger partial charge is 0.416 e. The van der Waals surface area contributed by atoms with Gasteiger partial charge in [-0.3, -0.25) is 10.1 Å². The summed E-state index contributed by atoms with van der Waals surface area (Å²) in [4.78, 5) is 10.7. The van der Waals surface area contributed by atoms with Crippen LogP contribution in [0.1, 0.15) is 11.1 Å². The van der Waals surface area contributed by atoms with E-state index in [1.54, 1.807) is 12.1 Å². The van der Waals surface area contributed by atoms with E-state index in [1.165, 1.54) is 30.3 Å². The van der Waals surface area contributed by atoms with Gasteiger partial charge in [-0.25, -0.2) is 0 Å². The summed E-state index contributed by atoms with van der Waals surface area (Å²) in [5, 5.41) is 10.7. The highest BCUT2D eigenvalue weighted by molar-refractivity contribution is 8.03. The number of allylic oxidation sites excluding steroid dienone is 1. The number of hydrogen-bond acceptors (Lipinski definition) is 3. The number of rotatable bonds is 5. The summed E-state index contributed by atoms with van der Waals surface area (Å²) in [6, 6.07) is 12.4. The molecule has 0 saturated carbocycles. The van der Waals surface area contributed by atoms with Crippen molar-refractivity contribution in [1.82, 2.24) is 0 Å². The zero-order valence-electron chi connectivity index (χ0n) is 13.2. The molecular formula is C18H14F3NO2S. The summed E-state index contributed by atoms with van der Waals surface area (Å²) < 4.78 is 39.3. The van der Waals surface area contributed by atoms with E-state index in [-0.39, 0.29) is 10.6 Å². The van der Waals surface area contributed by atoms with Crippen molar-refractivity contribution < 1.29 is 18.1 Å². The Morgan fingerprint density at radius 3 is 2.16 bits per heavy atom. The SMILES string of the molecule is C=C(/C(=C\c1ccc([N+](=O)[O-])cc1)Sc1ccc(C)cc1)C(F)(F)F. The van der Waals surface area contributed by atoms with E-state index in [0.29, 0.717) is 10.5 Å². The third-order valence-corrected chi connectivity index (χ3v) is 4.38. The molecule has 0 N–H and O–H groups in total. The van der Waals surface area contributed by atoms with Crippen LogP contribution in [0.15, 0.2) is 70.5 Å².